The van der Waals surface area contributed by atoms with Crippen LogP contribution in [0.5, 0.6) is 0 Å². The van der Waals surface area contributed by atoms with Crippen molar-refractivity contribution in [3.8, 4) is 0 Å². The van der Waals surface area contributed by atoms with Crippen LogP contribution in [0.15, 0.2) is 91.0 Å². The lowest BCUT2D eigenvalue weighted by molar-refractivity contribution is 0.0286. The van der Waals surface area contributed by atoms with Crippen molar-refractivity contribution in [3.63, 3.8) is 0 Å². The number of benzene rings is 3. The van der Waals surface area contributed by atoms with Gasteiger partial charge in [0.25, 0.3) is 0 Å². The predicted molar refractivity (Wildman–Crippen MR) is 141 cm³/mol. The van der Waals surface area contributed by atoms with E-state index in [1.54, 1.807) is 0 Å². The van der Waals surface area contributed by atoms with Crippen LogP contribution in [0.4, 0.5) is 0 Å². The smallest absolute Gasteiger partial charge is 0.218 e. The molecule has 0 aromatic heterocycles. The van der Waals surface area contributed by atoms with E-state index in [0.29, 0.717) is 0 Å². The van der Waals surface area contributed by atoms with Crippen LogP contribution in [0.1, 0.15) is 26.3 Å². The van der Waals surface area contributed by atoms with E-state index in [-0.39, 0.29) is 10.6 Å². The molecule has 1 atom stereocenters. The Morgan fingerprint density at radius 1 is 0.613 bits per heavy atom. The molecule has 0 amide bonds. The highest BCUT2D eigenvalue weighted by atomic mass is 28.4. The maximum Gasteiger partial charge on any atom is 0.218 e. The predicted octanol–water partition coefficient (Wildman–Crippen LogP) is 6.30. The van der Waals surface area contributed by atoms with Crippen LogP contribution in [0, 0.1) is 5.41 Å². The highest BCUT2D eigenvalue weighted by Gasteiger charge is 2.58. The molecule has 0 aliphatic rings. The zero-order valence-electron chi connectivity index (χ0n) is 20.3. The maximum atomic E-state index is 7.60. The number of hydrogen-bond donors (Lipinski definition) is 0. The lowest BCUT2D eigenvalue weighted by Crippen LogP contribution is -2.73. The first-order valence-corrected chi connectivity index (χ1v) is 17.3. The average Bonchev–Trinajstić information content (AvgIpc) is 2.74. The van der Waals surface area contributed by atoms with Crippen LogP contribution in [-0.2, 0) is 10.8 Å². The molecule has 1 nitrogen and oxygen atoms in total. The third-order valence-electron chi connectivity index (χ3n) is 6.91. The summed E-state index contributed by atoms with van der Waals surface area (Å²) in [5.74, 6) is 0. The van der Waals surface area contributed by atoms with Gasteiger partial charge in [0.1, 0.15) is 8.07 Å². The maximum absolute atomic E-state index is 7.60. The van der Waals surface area contributed by atoms with Gasteiger partial charge < -0.3 is 4.43 Å². The molecule has 3 aromatic carbocycles. The molecular formula is C28H38OSi2. The van der Waals surface area contributed by atoms with Crippen LogP contribution in [0.25, 0.3) is 0 Å². The summed E-state index contributed by atoms with van der Waals surface area (Å²) in [5, 5.41) is 2.54. The van der Waals surface area contributed by atoms with E-state index in [2.05, 4.69) is 138 Å². The van der Waals surface area contributed by atoms with Crippen molar-refractivity contribution in [2.75, 3.05) is 0 Å². The standard InChI is InChI=1S/C28H38OSi2/c1-27(2,3)28(23-24-17-11-8-12-18-24,30(4,5)25-19-13-9-14-20-25)29-31(6,7)26-21-15-10-16-22-26/h8-22H,23H2,1-7H3. The summed E-state index contributed by atoms with van der Waals surface area (Å²) < 4.78 is 7.60. The van der Waals surface area contributed by atoms with Crippen molar-refractivity contribution in [2.24, 2.45) is 5.41 Å². The van der Waals surface area contributed by atoms with Gasteiger partial charge in [-0.3, -0.25) is 0 Å². The minimum atomic E-state index is -2.19. The molecule has 0 spiro atoms. The monoisotopic (exact) mass is 446 g/mol. The molecule has 3 aromatic rings. The second kappa shape index (κ2) is 8.89. The molecule has 0 saturated heterocycles. The first kappa shape index (κ1) is 23.7. The molecule has 1 unspecified atom stereocenters. The largest absolute Gasteiger partial charge is 0.409 e. The fourth-order valence-electron chi connectivity index (χ4n) is 5.05. The summed E-state index contributed by atoms with van der Waals surface area (Å²) in [4.78, 5) is 0. The molecule has 0 bridgehead atoms. The number of rotatable bonds is 7. The van der Waals surface area contributed by atoms with E-state index in [1.165, 1.54) is 15.9 Å². The van der Waals surface area contributed by atoms with Crippen molar-refractivity contribution in [1.82, 2.24) is 0 Å². The van der Waals surface area contributed by atoms with Gasteiger partial charge in [-0.2, -0.15) is 0 Å². The summed E-state index contributed by atoms with van der Waals surface area (Å²) >= 11 is 0. The molecule has 0 heterocycles. The molecule has 3 heteroatoms. The van der Waals surface area contributed by atoms with E-state index in [0.717, 1.165) is 6.42 Å². The summed E-state index contributed by atoms with van der Waals surface area (Å²) in [6.45, 7) is 16.9. The molecule has 0 fully saturated rings. The lowest BCUT2D eigenvalue weighted by Gasteiger charge is -2.57. The van der Waals surface area contributed by atoms with E-state index in [1.807, 2.05) is 0 Å². The SMILES string of the molecule is CC(C)(C)C(Cc1ccccc1)(O[Si](C)(C)c1ccccc1)[Si](C)(C)c1ccccc1. The summed E-state index contributed by atoms with van der Waals surface area (Å²) in [6.07, 6.45) is 0.925. The Morgan fingerprint density at radius 2 is 1.03 bits per heavy atom. The molecule has 3 rings (SSSR count). The van der Waals surface area contributed by atoms with Gasteiger partial charge in [-0.05, 0) is 35.7 Å². The Bertz CT molecular complexity index is 960. The average molecular weight is 447 g/mol. The second-order valence-electron chi connectivity index (χ2n) is 10.7. The highest BCUT2D eigenvalue weighted by molar-refractivity contribution is 6.94. The highest BCUT2D eigenvalue weighted by Crippen LogP contribution is 2.45. The van der Waals surface area contributed by atoms with Crippen molar-refractivity contribution < 1.29 is 4.43 Å². The first-order valence-electron chi connectivity index (χ1n) is 11.3. The van der Waals surface area contributed by atoms with E-state index >= 15 is 0 Å². The third kappa shape index (κ3) is 4.79. The zero-order valence-corrected chi connectivity index (χ0v) is 22.3. The van der Waals surface area contributed by atoms with Gasteiger partial charge in [-0.1, -0.05) is 130 Å². The van der Waals surface area contributed by atoms with E-state index in [9.17, 15) is 0 Å². The van der Waals surface area contributed by atoms with Gasteiger partial charge >= 0.3 is 0 Å². The Morgan fingerprint density at radius 3 is 1.48 bits per heavy atom. The van der Waals surface area contributed by atoms with Crippen molar-refractivity contribution in [2.45, 2.75) is 58.6 Å². The summed E-state index contributed by atoms with van der Waals surface area (Å²) in [6, 6.07) is 32.9. The molecule has 0 aliphatic heterocycles. The van der Waals surface area contributed by atoms with Gasteiger partial charge in [0.2, 0.25) is 8.32 Å². The van der Waals surface area contributed by atoms with Crippen LogP contribution in [0.2, 0.25) is 26.2 Å². The third-order valence-corrected chi connectivity index (χ3v) is 14.5. The molecule has 0 N–H and O–H groups in total. The van der Waals surface area contributed by atoms with Crippen molar-refractivity contribution in [1.29, 1.82) is 0 Å². The topological polar surface area (TPSA) is 9.23 Å². The quantitative estimate of drug-likeness (QED) is 0.387. The lowest BCUT2D eigenvalue weighted by atomic mass is 9.84. The van der Waals surface area contributed by atoms with Gasteiger partial charge in [0.15, 0.2) is 0 Å². The number of hydrogen-bond acceptors (Lipinski definition) is 1. The normalized spacial score (nSPS) is 14.8. The first-order chi connectivity index (χ1) is 14.5. The molecule has 0 aliphatic carbocycles. The Labute approximate surface area is 191 Å². The molecular weight excluding hydrogens is 408 g/mol. The molecule has 164 valence electrons. The van der Waals surface area contributed by atoms with Crippen LogP contribution >= 0.6 is 0 Å². The van der Waals surface area contributed by atoms with Gasteiger partial charge in [0, 0.05) is 0 Å². The van der Waals surface area contributed by atoms with Gasteiger partial charge in [0.05, 0.1) is 5.22 Å². The van der Waals surface area contributed by atoms with Gasteiger partial charge in [-0.15, -0.1) is 0 Å². The van der Waals surface area contributed by atoms with Crippen molar-refractivity contribution in [3.05, 3.63) is 96.6 Å². The Hall–Kier alpha value is -1.95. The van der Waals surface area contributed by atoms with Crippen LogP contribution < -0.4 is 10.4 Å². The van der Waals surface area contributed by atoms with E-state index < -0.39 is 16.4 Å². The summed E-state index contributed by atoms with van der Waals surface area (Å²) in [7, 11) is -4.29. The fraction of sp³-hybridized carbons (Fsp3) is 0.357. The van der Waals surface area contributed by atoms with Crippen molar-refractivity contribution >= 4 is 26.8 Å². The Kier molecular flexibility index (Phi) is 6.80. The minimum absolute atomic E-state index is 0.0343. The zero-order chi connectivity index (χ0) is 22.8. The molecule has 0 saturated carbocycles. The fourth-order valence-corrected chi connectivity index (χ4v) is 13.2. The minimum Gasteiger partial charge on any atom is -0.409 e. The van der Waals surface area contributed by atoms with E-state index in [4.69, 9.17) is 4.43 Å². The summed E-state index contributed by atoms with van der Waals surface area (Å²) in [5.41, 5.74) is 1.32. The Balaban J connectivity index is 2.22. The molecule has 0 radical (unpaired) electrons. The van der Waals surface area contributed by atoms with Crippen LogP contribution in [0.3, 0.4) is 0 Å². The molecule has 31 heavy (non-hydrogen) atoms. The second-order valence-corrected chi connectivity index (χ2v) is 19.1. The van der Waals surface area contributed by atoms with Crippen LogP contribution in [-0.4, -0.2) is 21.6 Å². The van der Waals surface area contributed by atoms with Gasteiger partial charge in [-0.25, -0.2) is 0 Å².